The van der Waals surface area contributed by atoms with Crippen molar-refractivity contribution in [3.8, 4) is 0 Å². The fourth-order valence-corrected chi connectivity index (χ4v) is 5.27. The van der Waals surface area contributed by atoms with Crippen molar-refractivity contribution >= 4 is 28.4 Å². The first-order valence-electron chi connectivity index (χ1n) is 10.4. The Kier molecular flexibility index (Phi) is 4.95. The predicted molar refractivity (Wildman–Crippen MR) is 120 cm³/mol. The van der Waals surface area contributed by atoms with Crippen molar-refractivity contribution in [3.05, 3.63) is 77.2 Å². The number of hydrogen-bond acceptors (Lipinski definition) is 4. The van der Waals surface area contributed by atoms with Gasteiger partial charge in [0.15, 0.2) is 10.9 Å². The van der Waals surface area contributed by atoms with Crippen LogP contribution in [0.5, 0.6) is 0 Å². The average Bonchev–Trinajstić information content (AvgIpc) is 3.41. The van der Waals surface area contributed by atoms with Crippen LogP contribution >= 0.6 is 11.8 Å². The van der Waals surface area contributed by atoms with E-state index < -0.39 is 0 Å². The maximum atomic E-state index is 13.8. The van der Waals surface area contributed by atoms with Gasteiger partial charge in [0, 0.05) is 28.7 Å². The van der Waals surface area contributed by atoms with Gasteiger partial charge in [0.25, 0.3) is 0 Å². The molecule has 0 radical (unpaired) electrons. The summed E-state index contributed by atoms with van der Waals surface area (Å²) in [6.45, 7) is 4.12. The highest BCUT2D eigenvalue weighted by Crippen LogP contribution is 2.43. The first-order valence-corrected chi connectivity index (χ1v) is 11.3. The summed E-state index contributed by atoms with van der Waals surface area (Å²) in [6.07, 6.45) is 5.09. The molecule has 5 rings (SSSR count). The number of fused-ring (bicyclic) bond motifs is 1. The van der Waals surface area contributed by atoms with Crippen LogP contribution in [-0.2, 0) is 6.42 Å². The fraction of sp³-hybridized carbons (Fsp3) is 0.292. The summed E-state index contributed by atoms with van der Waals surface area (Å²) in [7, 11) is 0. The van der Waals surface area contributed by atoms with Crippen molar-refractivity contribution in [1.82, 2.24) is 19.7 Å². The van der Waals surface area contributed by atoms with Crippen LogP contribution in [0.4, 0.5) is 0 Å². The molecule has 1 saturated carbocycles. The van der Waals surface area contributed by atoms with E-state index in [2.05, 4.69) is 32.7 Å². The predicted octanol–water partition coefficient (Wildman–Crippen LogP) is 5.68. The lowest BCUT2D eigenvalue weighted by molar-refractivity contribution is 0.0991. The molecule has 2 aromatic carbocycles. The van der Waals surface area contributed by atoms with Crippen LogP contribution in [0.15, 0.2) is 59.9 Å². The zero-order valence-electron chi connectivity index (χ0n) is 17.1. The van der Waals surface area contributed by atoms with Crippen LogP contribution in [0.25, 0.3) is 10.9 Å². The van der Waals surface area contributed by atoms with Crippen molar-refractivity contribution in [2.24, 2.45) is 0 Å². The largest absolute Gasteiger partial charge is 0.360 e. The summed E-state index contributed by atoms with van der Waals surface area (Å²) in [5, 5.41) is 10.1. The van der Waals surface area contributed by atoms with E-state index in [9.17, 15) is 4.79 Å². The molecular formula is C24H24N4OS. The van der Waals surface area contributed by atoms with E-state index in [-0.39, 0.29) is 11.0 Å². The minimum atomic E-state index is -0.378. The van der Waals surface area contributed by atoms with Crippen molar-refractivity contribution in [3.63, 3.8) is 0 Å². The Hall–Kier alpha value is -2.86. The van der Waals surface area contributed by atoms with Crippen LogP contribution in [-0.4, -0.2) is 25.5 Å². The number of aromatic amines is 1. The van der Waals surface area contributed by atoms with E-state index in [1.165, 1.54) is 17.3 Å². The zero-order chi connectivity index (χ0) is 20.7. The lowest BCUT2D eigenvalue weighted by atomic mass is 10.0. The summed E-state index contributed by atoms with van der Waals surface area (Å²) < 4.78 is 2.19. The van der Waals surface area contributed by atoms with Crippen molar-refractivity contribution in [2.75, 3.05) is 0 Å². The molecule has 2 aromatic heterocycles. The van der Waals surface area contributed by atoms with Gasteiger partial charge in [0.05, 0.1) is 0 Å². The number of hydrogen-bond donors (Lipinski definition) is 1. The second-order valence-corrected chi connectivity index (χ2v) is 8.87. The van der Waals surface area contributed by atoms with Crippen LogP contribution in [0, 0.1) is 6.92 Å². The molecule has 1 atom stereocenters. The van der Waals surface area contributed by atoms with E-state index in [0.717, 1.165) is 52.3 Å². The number of ketones is 1. The van der Waals surface area contributed by atoms with E-state index in [4.69, 9.17) is 0 Å². The molecule has 0 aliphatic heterocycles. The number of aromatic nitrogens is 4. The number of carbonyl (C=O) groups excluding carboxylic acids is 1. The second kappa shape index (κ2) is 7.76. The van der Waals surface area contributed by atoms with E-state index in [1.807, 2.05) is 55.6 Å². The third kappa shape index (κ3) is 3.35. The van der Waals surface area contributed by atoms with Crippen molar-refractivity contribution < 1.29 is 4.79 Å². The highest BCUT2D eigenvalue weighted by Gasteiger charge is 2.32. The third-order valence-corrected chi connectivity index (χ3v) is 6.97. The maximum Gasteiger partial charge on any atom is 0.192 e. The number of para-hydroxylation sites is 1. The SMILES string of the molecule is CCc1cccc2c(C(=O)[C@@H](Sc3nnc(C)n3C3CC3)c3ccccc3)c[nH]c12. The Morgan fingerprint density at radius 3 is 2.70 bits per heavy atom. The van der Waals surface area contributed by atoms with Gasteiger partial charge in [-0.15, -0.1) is 10.2 Å². The molecule has 30 heavy (non-hydrogen) atoms. The molecule has 1 fully saturated rings. The van der Waals surface area contributed by atoms with Crippen molar-refractivity contribution in [2.45, 2.75) is 49.6 Å². The molecule has 152 valence electrons. The quantitative estimate of drug-likeness (QED) is 0.311. The Balaban J connectivity index is 1.57. The molecule has 0 saturated heterocycles. The van der Waals surface area contributed by atoms with Gasteiger partial charge in [-0.3, -0.25) is 4.79 Å². The van der Waals surface area contributed by atoms with Crippen LogP contribution < -0.4 is 0 Å². The number of nitrogens with one attached hydrogen (secondary N) is 1. The third-order valence-electron chi connectivity index (χ3n) is 5.76. The van der Waals surface area contributed by atoms with Gasteiger partial charge in [-0.05, 0) is 37.3 Å². The van der Waals surface area contributed by atoms with Gasteiger partial charge in [0.2, 0.25) is 0 Å². The van der Waals surface area contributed by atoms with Gasteiger partial charge in [-0.1, -0.05) is 67.2 Å². The van der Waals surface area contributed by atoms with E-state index in [1.54, 1.807) is 0 Å². The van der Waals surface area contributed by atoms with Gasteiger partial charge in [0.1, 0.15) is 11.1 Å². The molecule has 0 amide bonds. The lowest BCUT2D eigenvalue weighted by Gasteiger charge is -2.16. The zero-order valence-corrected chi connectivity index (χ0v) is 17.9. The summed E-state index contributed by atoms with van der Waals surface area (Å²) in [5.74, 6) is 1.01. The number of carbonyl (C=O) groups is 1. The van der Waals surface area contributed by atoms with Crippen molar-refractivity contribution in [1.29, 1.82) is 0 Å². The van der Waals surface area contributed by atoms with E-state index >= 15 is 0 Å². The number of thioether (sulfide) groups is 1. The van der Waals surface area contributed by atoms with Gasteiger partial charge >= 0.3 is 0 Å². The minimum absolute atomic E-state index is 0.0914. The molecule has 0 bridgehead atoms. The fourth-order valence-electron chi connectivity index (χ4n) is 4.05. The number of aryl methyl sites for hydroxylation is 2. The molecule has 0 spiro atoms. The normalized spacial score (nSPS) is 14.9. The molecule has 0 unspecified atom stereocenters. The van der Waals surface area contributed by atoms with Crippen LogP contribution in [0.3, 0.4) is 0 Å². The summed E-state index contributed by atoms with van der Waals surface area (Å²) >= 11 is 1.51. The molecule has 1 N–H and O–H groups in total. The Morgan fingerprint density at radius 2 is 1.97 bits per heavy atom. The van der Waals surface area contributed by atoms with Gasteiger partial charge < -0.3 is 9.55 Å². The number of rotatable bonds is 7. The van der Waals surface area contributed by atoms with E-state index in [0.29, 0.717) is 6.04 Å². The number of nitrogens with zero attached hydrogens (tertiary/aromatic N) is 3. The summed E-state index contributed by atoms with van der Waals surface area (Å²) in [4.78, 5) is 17.2. The minimum Gasteiger partial charge on any atom is -0.360 e. The standard InChI is InChI=1S/C24H24N4OS/c1-3-16-10-7-11-19-20(14-25-21(16)19)22(29)23(17-8-5-4-6-9-17)30-24-27-26-15(2)28(24)18-12-13-18/h4-11,14,18,23,25H,3,12-13H2,1-2H3/t23-/m0/s1. The highest BCUT2D eigenvalue weighted by molar-refractivity contribution is 8.00. The Bertz CT molecular complexity index is 1210. The van der Waals surface area contributed by atoms with Gasteiger partial charge in [-0.25, -0.2) is 0 Å². The number of benzene rings is 2. The topological polar surface area (TPSA) is 63.6 Å². The lowest BCUT2D eigenvalue weighted by Crippen LogP contribution is -2.11. The number of H-pyrrole nitrogens is 1. The Morgan fingerprint density at radius 1 is 1.17 bits per heavy atom. The second-order valence-electron chi connectivity index (χ2n) is 7.80. The summed E-state index contributed by atoms with van der Waals surface area (Å²) in [5.41, 5.74) is 3.99. The first kappa shape index (κ1) is 19.1. The molecular weight excluding hydrogens is 392 g/mol. The number of Topliss-reactive ketones (excluding diaryl/α,β-unsaturated/α-hetero) is 1. The highest BCUT2D eigenvalue weighted by atomic mass is 32.2. The monoisotopic (exact) mass is 416 g/mol. The molecule has 6 heteroatoms. The smallest absolute Gasteiger partial charge is 0.192 e. The maximum absolute atomic E-state index is 13.8. The molecule has 1 aliphatic carbocycles. The summed E-state index contributed by atoms with van der Waals surface area (Å²) in [6, 6.07) is 16.6. The first-order chi connectivity index (χ1) is 14.7. The Labute approximate surface area is 179 Å². The molecule has 4 aromatic rings. The van der Waals surface area contributed by atoms with Crippen LogP contribution in [0.1, 0.15) is 58.4 Å². The molecule has 2 heterocycles. The average molecular weight is 417 g/mol. The molecule has 1 aliphatic rings. The van der Waals surface area contributed by atoms with Gasteiger partial charge in [-0.2, -0.15) is 0 Å². The molecule has 5 nitrogen and oxygen atoms in total. The van der Waals surface area contributed by atoms with Crippen LogP contribution in [0.2, 0.25) is 0 Å².